The van der Waals surface area contributed by atoms with E-state index in [1.54, 1.807) is 6.26 Å². The van der Waals surface area contributed by atoms with Crippen LogP contribution in [0.1, 0.15) is 17.9 Å². The van der Waals surface area contributed by atoms with Crippen LogP contribution in [0.3, 0.4) is 0 Å². The number of nitrogens with one attached hydrogen (secondary N) is 1. The number of rotatable bonds is 4. The lowest BCUT2D eigenvalue weighted by atomic mass is 10.3. The van der Waals surface area contributed by atoms with Gasteiger partial charge in [-0.2, -0.15) is 0 Å². The molecular weight excluding hydrogens is 238 g/mol. The maximum absolute atomic E-state index is 5.43. The van der Waals surface area contributed by atoms with Gasteiger partial charge >= 0.3 is 0 Å². The quantitative estimate of drug-likeness (QED) is 0.915. The Hall–Kier alpha value is -1.52. The number of H-pyrrole nitrogens is 1. The normalized spacial score (nSPS) is 18.5. The van der Waals surface area contributed by atoms with Crippen LogP contribution in [-0.2, 0) is 13.1 Å². The van der Waals surface area contributed by atoms with Crippen LogP contribution < -0.4 is 0 Å². The molecule has 0 aromatic carbocycles. The molecule has 19 heavy (non-hydrogen) atoms. The molecular formula is C15H21N3O. The Kier molecular flexibility index (Phi) is 4.01. The van der Waals surface area contributed by atoms with E-state index >= 15 is 0 Å². The van der Waals surface area contributed by atoms with Gasteiger partial charge in [-0.1, -0.05) is 0 Å². The highest BCUT2D eigenvalue weighted by Crippen LogP contribution is 2.11. The molecule has 0 radical (unpaired) electrons. The monoisotopic (exact) mass is 259 g/mol. The maximum atomic E-state index is 5.43. The molecule has 2 aromatic rings. The van der Waals surface area contributed by atoms with Gasteiger partial charge in [0, 0.05) is 31.5 Å². The van der Waals surface area contributed by atoms with E-state index in [4.69, 9.17) is 4.42 Å². The third-order valence-corrected chi connectivity index (χ3v) is 3.70. The van der Waals surface area contributed by atoms with Gasteiger partial charge in [0.1, 0.15) is 5.76 Å². The fourth-order valence-electron chi connectivity index (χ4n) is 2.67. The molecule has 0 unspecified atom stereocenters. The third-order valence-electron chi connectivity index (χ3n) is 3.70. The van der Waals surface area contributed by atoms with E-state index in [1.165, 1.54) is 18.7 Å². The van der Waals surface area contributed by atoms with Crippen LogP contribution in [0, 0.1) is 0 Å². The van der Waals surface area contributed by atoms with Crippen molar-refractivity contribution >= 4 is 0 Å². The number of hydrogen-bond acceptors (Lipinski definition) is 3. The van der Waals surface area contributed by atoms with E-state index in [9.17, 15) is 0 Å². The van der Waals surface area contributed by atoms with Crippen molar-refractivity contribution in [2.75, 3.05) is 26.2 Å². The molecule has 0 bridgehead atoms. The first-order valence-corrected chi connectivity index (χ1v) is 6.99. The summed E-state index contributed by atoms with van der Waals surface area (Å²) < 4.78 is 5.43. The van der Waals surface area contributed by atoms with Crippen molar-refractivity contribution in [1.82, 2.24) is 14.8 Å². The average molecular weight is 259 g/mol. The van der Waals surface area contributed by atoms with Gasteiger partial charge in [-0.25, -0.2) is 0 Å². The lowest BCUT2D eigenvalue weighted by Gasteiger charge is -2.20. The Labute approximate surface area is 114 Å². The number of aromatic nitrogens is 1. The van der Waals surface area contributed by atoms with Gasteiger partial charge in [0.25, 0.3) is 0 Å². The summed E-state index contributed by atoms with van der Waals surface area (Å²) in [6.45, 7) is 6.53. The maximum Gasteiger partial charge on any atom is 0.117 e. The van der Waals surface area contributed by atoms with E-state index in [1.807, 2.05) is 12.3 Å². The Morgan fingerprint density at radius 3 is 2.53 bits per heavy atom. The molecule has 102 valence electrons. The van der Waals surface area contributed by atoms with Crippen LogP contribution >= 0.6 is 0 Å². The second-order valence-corrected chi connectivity index (χ2v) is 5.18. The molecule has 1 aliphatic rings. The Morgan fingerprint density at radius 1 is 1.00 bits per heavy atom. The molecule has 4 nitrogen and oxygen atoms in total. The van der Waals surface area contributed by atoms with Crippen molar-refractivity contribution in [3.05, 3.63) is 48.2 Å². The molecule has 1 saturated heterocycles. The van der Waals surface area contributed by atoms with E-state index in [0.29, 0.717) is 0 Å². The first-order chi connectivity index (χ1) is 9.40. The summed E-state index contributed by atoms with van der Waals surface area (Å²) in [5.41, 5.74) is 1.31. The zero-order valence-electron chi connectivity index (χ0n) is 11.2. The van der Waals surface area contributed by atoms with Crippen molar-refractivity contribution in [2.45, 2.75) is 19.5 Å². The molecule has 2 aromatic heterocycles. The Bertz CT molecular complexity index is 419. The van der Waals surface area contributed by atoms with Gasteiger partial charge < -0.3 is 9.40 Å². The molecule has 0 atom stereocenters. The van der Waals surface area contributed by atoms with Crippen molar-refractivity contribution in [3.8, 4) is 0 Å². The van der Waals surface area contributed by atoms with E-state index in [2.05, 4.69) is 33.0 Å². The molecule has 1 aliphatic heterocycles. The van der Waals surface area contributed by atoms with E-state index < -0.39 is 0 Å². The Morgan fingerprint density at radius 2 is 1.84 bits per heavy atom. The highest BCUT2D eigenvalue weighted by atomic mass is 16.3. The fraction of sp³-hybridized carbons (Fsp3) is 0.467. The minimum absolute atomic E-state index is 0.934. The molecule has 4 heteroatoms. The van der Waals surface area contributed by atoms with Crippen molar-refractivity contribution in [2.24, 2.45) is 0 Å². The van der Waals surface area contributed by atoms with Crippen LogP contribution in [-0.4, -0.2) is 41.0 Å². The van der Waals surface area contributed by atoms with Gasteiger partial charge in [0.05, 0.1) is 12.8 Å². The first-order valence-electron chi connectivity index (χ1n) is 6.99. The predicted molar refractivity (Wildman–Crippen MR) is 74.7 cm³/mol. The summed E-state index contributed by atoms with van der Waals surface area (Å²) in [6.07, 6.45) is 4.97. The van der Waals surface area contributed by atoms with Crippen LogP contribution in [0.25, 0.3) is 0 Å². The molecule has 1 fully saturated rings. The van der Waals surface area contributed by atoms with Crippen molar-refractivity contribution < 1.29 is 4.42 Å². The summed E-state index contributed by atoms with van der Waals surface area (Å²) in [4.78, 5) is 8.28. The average Bonchev–Trinajstić information content (AvgIpc) is 3.04. The molecule has 3 heterocycles. The van der Waals surface area contributed by atoms with Gasteiger partial charge in [0.15, 0.2) is 0 Å². The zero-order chi connectivity index (χ0) is 12.9. The molecule has 0 aliphatic carbocycles. The predicted octanol–water partition coefficient (Wildman–Crippen LogP) is 2.32. The van der Waals surface area contributed by atoms with E-state index in [0.717, 1.165) is 38.5 Å². The summed E-state index contributed by atoms with van der Waals surface area (Å²) in [6, 6.07) is 8.24. The highest BCUT2D eigenvalue weighted by Gasteiger charge is 2.16. The lowest BCUT2D eigenvalue weighted by Crippen LogP contribution is -2.30. The molecule has 0 amide bonds. The summed E-state index contributed by atoms with van der Waals surface area (Å²) in [7, 11) is 0. The minimum Gasteiger partial charge on any atom is -0.468 e. The van der Waals surface area contributed by atoms with Gasteiger partial charge in [0.2, 0.25) is 0 Å². The Balaban J connectivity index is 1.51. The first kappa shape index (κ1) is 12.5. The highest BCUT2D eigenvalue weighted by molar-refractivity contribution is 5.03. The second-order valence-electron chi connectivity index (χ2n) is 5.18. The molecule has 3 rings (SSSR count). The van der Waals surface area contributed by atoms with E-state index in [-0.39, 0.29) is 0 Å². The molecule has 1 N–H and O–H groups in total. The standard InChI is InChI=1S/C15H21N3O/c1-4-14(16-6-1)12-17-7-3-8-18(10-9-17)13-15-5-2-11-19-15/h1-2,4-6,11,16H,3,7-10,12-13H2. The SMILES string of the molecule is c1c[nH]c(CN2CCCN(Cc3ccco3)CC2)c1. The number of furan rings is 1. The van der Waals surface area contributed by atoms with Crippen LogP contribution in [0.2, 0.25) is 0 Å². The van der Waals surface area contributed by atoms with Crippen LogP contribution in [0.4, 0.5) is 0 Å². The zero-order valence-corrected chi connectivity index (χ0v) is 11.2. The number of hydrogen-bond donors (Lipinski definition) is 1. The summed E-state index contributed by atoms with van der Waals surface area (Å²) in [5.74, 6) is 1.07. The van der Waals surface area contributed by atoms with Gasteiger partial charge in [-0.15, -0.1) is 0 Å². The molecule has 0 spiro atoms. The topological polar surface area (TPSA) is 35.4 Å². The summed E-state index contributed by atoms with van der Waals surface area (Å²) in [5, 5.41) is 0. The van der Waals surface area contributed by atoms with Gasteiger partial charge in [-0.3, -0.25) is 9.80 Å². The summed E-state index contributed by atoms with van der Waals surface area (Å²) >= 11 is 0. The second kappa shape index (κ2) is 6.08. The van der Waals surface area contributed by atoms with Gasteiger partial charge in [-0.05, 0) is 43.8 Å². The molecule has 0 saturated carbocycles. The lowest BCUT2D eigenvalue weighted by molar-refractivity contribution is 0.233. The van der Waals surface area contributed by atoms with Crippen molar-refractivity contribution in [3.63, 3.8) is 0 Å². The third kappa shape index (κ3) is 3.49. The number of nitrogens with zero attached hydrogens (tertiary/aromatic N) is 2. The number of aromatic amines is 1. The van der Waals surface area contributed by atoms with Crippen LogP contribution in [0.15, 0.2) is 41.1 Å². The van der Waals surface area contributed by atoms with Crippen LogP contribution in [0.5, 0.6) is 0 Å². The fourth-order valence-corrected chi connectivity index (χ4v) is 2.67. The van der Waals surface area contributed by atoms with Crippen molar-refractivity contribution in [1.29, 1.82) is 0 Å². The largest absolute Gasteiger partial charge is 0.468 e. The minimum atomic E-state index is 0.934. The smallest absolute Gasteiger partial charge is 0.117 e.